The summed E-state index contributed by atoms with van der Waals surface area (Å²) in [6, 6.07) is 10.3. The Bertz CT molecular complexity index is 452. The summed E-state index contributed by atoms with van der Waals surface area (Å²) in [5, 5.41) is 3.33. The lowest BCUT2D eigenvalue weighted by molar-refractivity contribution is -0.132. The fraction of sp³-hybridized carbons (Fsp3) is 0.611. The van der Waals surface area contributed by atoms with E-state index in [9.17, 15) is 4.79 Å². The second-order valence-corrected chi connectivity index (χ2v) is 6.63. The molecule has 114 valence electrons. The molecule has 1 N–H and O–H groups in total. The van der Waals surface area contributed by atoms with Gasteiger partial charge >= 0.3 is 0 Å². The first-order valence-corrected chi connectivity index (χ1v) is 8.33. The first-order chi connectivity index (χ1) is 10.3. The predicted molar refractivity (Wildman–Crippen MR) is 84.8 cm³/mol. The van der Waals surface area contributed by atoms with Crippen LogP contribution in [0.2, 0.25) is 0 Å². The van der Waals surface area contributed by atoms with E-state index in [1.807, 2.05) is 18.2 Å². The minimum atomic E-state index is 0.256. The molecule has 1 amide bonds. The molecule has 0 atom stereocenters. The molecule has 0 aliphatic heterocycles. The van der Waals surface area contributed by atoms with Crippen LogP contribution in [0.3, 0.4) is 0 Å². The molecule has 3 rings (SSSR count). The SMILES string of the molecule is O=C(CNCC1CC1)N(Cc1ccccc1)CC1CCC1. The molecule has 2 fully saturated rings. The number of amides is 1. The molecule has 0 radical (unpaired) electrons. The Labute approximate surface area is 127 Å². The van der Waals surface area contributed by atoms with Crippen LogP contribution in [0, 0.1) is 11.8 Å². The zero-order valence-corrected chi connectivity index (χ0v) is 12.8. The van der Waals surface area contributed by atoms with E-state index in [0.29, 0.717) is 6.54 Å². The summed E-state index contributed by atoms with van der Waals surface area (Å²) in [5.41, 5.74) is 1.23. The number of carbonyl (C=O) groups is 1. The molecule has 21 heavy (non-hydrogen) atoms. The lowest BCUT2D eigenvalue weighted by atomic mass is 9.85. The lowest BCUT2D eigenvalue weighted by Crippen LogP contribution is -2.42. The Kier molecular flexibility index (Phi) is 4.91. The summed E-state index contributed by atoms with van der Waals surface area (Å²) in [5.74, 6) is 1.81. The Morgan fingerprint density at radius 2 is 1.86 bits per heavy atom. The normalized spacial score (nSPS) is 18.3. The minimum Gasteiger partial charge on any atom is -0.337 e. The molecule has 0 aromatic heterocycles. The third-order valence-electron chi connectivity index (χ3n) is 4.68. The third-order valence-corrected chi connectivity index (χ3v) is 4.68. The molecule has 3 nitrogen and oxygen atoms in total. The molecule has 2 saturated carbocycles. The molecule has 3 heteroatoms. The second-order valence-electron chi connectivity index (χ2n) is 6.63. The minimum absolute atomic E-state index is 0.256. The summed E-state index contributed by atoms with van der Waals surface area (Å²) < 4.78 is 0. The summed E-state index contributed by atoms with van der Waals surface area (Å²) in [4.78, 5) is 14.5. The molecule has 0 bridgehead atoms. The molecule has 2 aliphatic carbocycles. The summed E-state index contributed by atoms with van der Waals surface area (Å²) in [6.45, 7) is 3.19. The topological polar surface area (TPSA) is 32.3 Å². The van der Waals surface area contributed by atoms with Crippen molar-refractivity contribution in [2.45, 2.75) is 38.6 Å². The van der Waals surface area contributed by atoms with Crippen molar-refractivity contribution >= 4 is 5.91 Å². The fourth-order valence-electron chi connectivity index (χ4n) is 2.86. The van der Waals surface area contributed by atoms with Gasteiger partial charge < -0.3 is 10.2 Å². The van der Waals surface area contributed by atoms with E-state index in [-0.39, 0.29) is 5.91 Å². The Balaban J connectivity index is 1.52. The average Bonchev–Trinajstić information content (AvgIpc) is 3.26. The molecule has 0 spiro atoms. The monoisotopic (exact) mass is 286 g/mol. The van der Waals surface area contributed by atoms with Crippen molar-refractivity contribution in [3.63, 3.8) is 0 Å². The number of nitrogens with one attached hydrogen (secondary N) is 1. The Morgan fingerprint density at radius 1 is 1.10 bits per heavy atom. The summed E-state index contributed by atoms with van der Waals surface area (Å²) >= 11 is 0. The van der Waals surface area contributed by atoms with Gasteiger partial charge in [-0.2, -0.15) is 0 Å². The lowest BCUT2D eigenvalue weighted by Gasteiger charge is -2.32. The van der Waals surface area contributed by atoms with E-state index in [1.54, 1.807) is 0 Å². The van der Waals surface area contributed by atoms with E-state index >= 15 is 0 Å². The fourth-order valence-corrected chi connectivity index (χ4v) is 2.86. The largest absolute Gasteiger partial charge is 0.337 e. The number of hydrogen-bond donors (Lipinski definition) is 1. The van der Waals surface area contributed by atoms with Gasteiger partial charge in [-0.3, -0.25) is 4.79 Å². The van der Waals surface area contributed by atoms with Gasteiger partial charge in [-0.25, -0.2) is 0 Å². The maximum atomic E-state index is 12.5. The van der Waals surface area contributed by atoms with Crippen molar-refractivity contribution in [1.82, 2.24) is 10.2 Å². The van der Waals surface area contributed by atoms with Gasteiger partial charge in [0.05, 0.1) is 6.54 Å². The van der Waals surface area contributed by atoms with E-state index in [0.717, 1.165) is 31.5 Å². The predicted octanol–water partition coefficient (Wildman–Crippen LogP) is 2.81. The maximum Gasteiger partial charge on any atom is 0.236 e. The third kappa shape index (κ3) is 4.57. The number of benzene rings is 1. The average molecular weight is 286 g/mol. The molecule has 0 heterocycles. The van der Waals surface area contributed by atoms with Gasteiger partial charge in [0.1, 0.15) is 0 Å². The van der Waals surface area contributed by atoms with Crippen LogP contribution in [-0.4, -0.2) is 30.4 Å². The van der Waals surface area contributed by atoms with Gasteiger partial charge in [-0.1, -0.05) is 36.8 Å². The zero-order valence-electron chi connectivity index (χ0n) is 12.8. The van der Waals surface area contributed by atoms with Crippen LogP contribution < -0.4 is 5.32 Å². The molecule has 2 aliphatic rings. The Hall–Kier alpha value is -1.35. The smallest absolute Gasteiger partial charge is 0.236 e. The van der Waals surface area contributed by atoms with Gasteiger partial charge in [0.25, 0.3) is 0 Å². The number of nitrogens with zero attached hydrogens (tertiary/aromatic N) is 1. The quantitative estimate of drug-likeness (QED) is 0.797. The maximum absolute atomic E-state index is 12.5. The molecule has 0 saturated heterocycles. The molecule has 1 aromatic carbocycles. The molecule has 0 unspecified atom stereocenters. The van der Waals surface area contributed by atoms with Crippen molar-refractivity contribution in [3.05, 3.63) is 35.9 Å². The van der Waals surface area contributed by atoms with Crippen LogP contribution in [0.5, 0.6) is 0 Å². The standard InChI is InChI=1S/C18H26N2O/c21-18(12-19-11-15-9-10-15)20(14-17-7-4-8-17)13-16-5-2-1-3-6-16/h1-3,5-6,15,17,19H,4,7-14H2. The van der Waals surface area contributed by atoms with E-state index < -0.39 is 0 Å². The zero-order chi connectivity index (χ0) is 14.5. The number of carbonyl (C=O) groups excluding carboxylic acids is 1. The van der Waals surface area contributed by atoms with Gasteiger partial charge in [-0.05, 0) is 49.6 Å². The van der Waals surface area contributed by atoms with Gasteiger partial charge in [0.2, 0.25) is 5.91 Å². The van der Waals surface area contributed by atoms with E-state index in [2.05, 4.69) is 22.3 Å². The van der Waals surface area contributed by atoms with Crippen molar-refractivity contribution in [2.75, 3.05) is 19.6 Å². The first-order valence-electron chi connectivity index (χ1n) is 8.33. The van der Waals surface area contributed by atoms with Crippen LogP contribution in [0.15, 0.2) is 30.3 Å². The highest BCUT2D eigenvalue weighted by molar-refractivity contribution is 5.78. The first kappa shape index (κ1) is 14.6. The molecular formula is C18H26N2O. The number of rotatable bonds is 8. The summed E-state index contributed by atoms with van der Waals surface area (Å²) in [6.07, 6.45) is 6.56. The van der Waals surface area contributed by atoms with Crippen molar-refractivity contribution in [3.8, 4) is 0 Å². The molecular weight excluding hydrogens is 260 g/mol. The number of hydrogen-bond acceptors (Lipinski definition) is 2. The Morgan fingerprint density at radius 3 is 2.48 bits per heavy atom. The van der Waals surface area contributed by atoms with Gasteiger partial charge in [-0.15, -0.1) is 0 Å². The van der Waals surface area contributed by atoms with Crippen LogP contribution in [-0.2, 0) is 11.3 Å². The second kappa shape index (κ2) is 7.08. The van der Waals surface area contributed by atoms with Crippen LogP contribution >= 0.6 is 0 Å². The van der Waals surface area contributed by atoms with Gasteiger partial charge in [0, 0.05) is 13.1 Å². The highest BCUT2D eigenvalue weighted by Gasteiger charge is 2.25. The van der Waals surface area contributed by atoms with Crippen molar-refractivity contribution in [1.29, 1.82) is 0 Å². The summed E-state index contributed by atoms with van der Waals surface area (Å²) in [7, 11) is 0. The van der Waals surface area contributed by atoms with Crippen LogP contribution in [0.4, 0.5) is 0 Å². The van der Waals surface area contributed by atoms with Crippen LogP contribution in [0.25, 0.3) is 0 Å². The highest BCUT2D eigenvalue weighted by atomic mass is 16.2. The van der Waals surface area contributed by atoms with Crippen molar-refractivity contribution in [2.24, 2.45) is 11.8 Å². The van der Waals surface area contributed by atoms with E-state index in [4.69, 9.17) is 0 Å². The highest BCUT2D eigenvalue weighted by Crippen LogP contribution is 2.28. The molecule has 1 aromatic rings. The van der Waals surface area contributed by atoms with E-state index in [1.165, 1.54) is 37.7 Å². The van der Waals surface area contributed by atoms with Crippen molar-refractivity contribution < 1.29 is 4.79 Å². The van der Waals surface area contributed by atoms with Crippen LogP contribution in [0.1, 0.15) is 37.7 Å². The van der Waals surface area contributed by atoms with Gasteiger partial charge in [0.15, 0.2) is 0 Å².